The highest BCUT2D eigenvalue weighted by Gasteiger charge is 2.12. The van der Waals surface area contributed by atoms with Crippen LogP contribution < -0.4 is 9.47 Å². The van der Waals surface area contributed by atoms with Crippen molar-refractivity contribution in [3.63, 3.8) is 0 Å². The maximum Gasteiger partial charge on any atom is 0.311 e. The Morgan fingerprint density at radius 2 is 2.20 bits per heavy atom. The first-order valence-corrected chi connectivity index (χ1v) is 5.10. The summed E-state index contributed by atoms with van der Waals surface area (Å²) < 4.78 is 10.2. The average Bonchev–Trinajstić information content (AvgIpc) is 2.21. The fourth-order valence-corrected chi connectivity index (χ4v) is 1.32. The molecule has 0 aliphatic carbocycles. The van der Waals surface area contributed by atoms with Crippen molar-refractivity contribution in [3.8, 4) is 11.5 Å². The molecule has 0 unspecified atom stereocenters. The zero-order valence-electron chi connectivity index (χ0n) is 8.75. The molecule has 1 aromatic carbocycles. The first kappa shape index (κ1) is 11.9. The molecule has 0 fully saturated rings. The Hall–Kier alpha value is -1.22. The molecule has 82 valence electrons. The Kier molecular flexibility index (Phi) is 4.43. The molecular formula is C11H13ClO3. The van der Waals surface area contributed by atoms with Gasteiger partial charge in [0.1, 0.15) is 0 Å². The first-order valence-electron chi connectivity index (χ1n) is 4.72. The maximum atomic E-state index is 11.3. The largest absolute Gasteiger partial charge is 0.493 e. The molecule has 0 atom stereocenters. The van der Waals surface area contributed by atoms with Gasteiger partial charge in [0.15, 0.2) is 11.5 Å². The number of rotatable bonds is 4. The van der Waals surface area contributed by atoms with Gasteiger partial charge in [-0.05, 0) is 18.6 Å². The van der Waals surface area contributed by atoms with Gasteiger partial charge in [0.25, 0.3) is 0 Å². The second-order valence-corrected chi connectivity index (χ2v) is 3.40. The van der Waals surface area contributed by atoms with Gasteiger partial charge >= 0.3 is 5.97 Å². The van der Waals surface area contributed by atoms with Crippen LogP contribution in [0.5, 0.6) is 11.5 Å². The standard InChI is InChI=1S/C11H13ClO3/c1-3-5-10(13)15-11-8(12)6-4-7-9(11)14-2/h4,6-7H,3,5H2,1-2H3. The lowest BCUT2D eigenvalue weighted by molar-refractivity contribution is -0.134. The van der Waals surface area contributed by atoms with Crippen molar-refractivity contribution in [3.05, 3.63) is 23.2 Å². The molecule has 0 N–H and O–H groups in total. The maximum absolute atomic E-state index is 11.3. The number of ether oxygens (including phenoxy) is 2. The summed E-state index contributed by atoms with van der Waals surface area (Å²) in [5, 5.41) is 0.374. The minimum absolute atomic E-state index is 0.292. The van der Waals surface area contributed by atoms with E-state index in [-0.39, 0.29) is 5.97 Å². The topological polar surface area (TPSA) is 35.5 Å². The van der Waals surface area contributed by atoms with E-state index in [4.69, 9.17) is 21.1 Å². The number of carbonyl (C=O) groups is 1. The highest BCUT2D eigenvalue weighted by atomic mass is 35.5. The third-order valence-corrected chi connectivity index (χ3v) is 2.12. The monoisotopic (exact) mass is 228 g/mol. The van der Waals surface area contributed by atoms with Crippen LogP contribution in [0.25, 0.3) is 0 Å². The van der Waals surface area contributed by atoms with E-state index in [0.717, 1.165) is 6.42 Å². The second kappa shape index (κ2) is 5.61. The van der Waals surface area contributed by atoms with Gasteiger partial charge < -0.3 is 9.47 Å². The Labute approximate surface area is 93.9 Å². The normalized spacial score (nSPS) is 9.80. The lowest BCUT2D eigenvalue weighted by Crippen LogP contribution is -2.08. The predicted molar refractivity (Wildman–Crippen MR) is 58.5 cm³/mol. The summed E-state index contributed by atoms with van der Waals surface area (Å²) in [4.78, 5) is 11.3. The third kappa shape index (κ3) is 3.13. The van der Waals surface area contributed by atoms with Crippen molar-refractivity contribution < 1.29 is 14.3 Å². The zero-order valence-corrected chi connectivity index (χ0v) is 9.50. The van der Waals surface area contributed by atoms with E-state index in [2.05, 4.69) is 0 Å². The van der Waals surface area contributed by atoms with Gasteiger partial charge in [-0.2, -0.15) is 0 Å². The van der Waals surface area contributed by atoms with E-state index >= 15 is 0 Å². The Bertz CT molecular complexity index is 350. The number of para-hydroxylation sites is 1. The average molecular weight is 229 g/mol. The summed E-state index contributed by atoms with van der Waals surface area (Å²) in [6.45, 7) is 1.91. The van der Waals surface area contributed by atoms with Crippen LogP contribution in [0.3, 0.4) is 0 Å². The number of hydrogen-bond acceptors (Lipinski definition) is 3. The molecule has 0 aromatic heterocycles. The van der Waals surface area contributed by atoms with Crippen LogP contribution in [0.4, 0.5) is 0 Å². The molecule has 1 aromatic rings. The van der Waals surface area contributed by atoms with Crippen molar-refractivity contribution in [2.75, 3.05) is 7.11 Å². The van der Waals surface area contributed by atoms with Gasteiger partial charge in [-0.1, -0.05) is 24.6 Å². The predicted octanol–water partition coefficient (Wildman–Crippen LogP) is 3.05. The van der Waals surface area contributed by atoms with Gasteiger partial charge in [-0.15, -0.1) is 0 Å². The molecule has 3 nitrogen and oxygen atoms in total. The van der Waals surface area contributed by atoms with E-state index in [1.807, 2.05) is 6.92 Å². The van der Waals surface area contributed by atoms with Gasteiger partial charge in [-0.3, -0.25) is 4.79 Å². The molecule has 0 aliphatic rings. The van der Waals surface area contributed by atoms with E-state index in [0.29, 0.717) is 22.9 Å². The number of esters is 1. The van der Waals surface area contributed by atoms with Crippen LogP contribution in [0.2, 0.25) is 5.02 Å². The van der Waals surface area contributed by atoms with E-state index in [1.54, 1.807) is 18.2 Å². The first-order chi connectivity index (χ1) is 7.19. The molecule has 0 saturated heterocycles. The van der Waals surface area contributed by atoms with Gasteiger partial charge in [-0.25, -0.2) is 0 Å². The fourth-order valence-electron chi connectivity index (χ4n) is 1.12. The summed E-state index contributed by atoms with van der Waals surface area (Å²) in [6.07, 6.45) is 1.11. The molecule has 0 bridgehead atoms. The molecule has 0 heterocycles. The SMILES string of the molecule is CCCC(=O)Oc1c(Cl)cccc1OC. The molecule has 1 rings (SSSR count). The smallest absolute Gasteiger partial charge is 0.311 e. The lowest BCUT2D eigenvalue weighted by Gasteiger charge is -2.09. The fraction of sp³-hybridized carbons (Fsp3) is 0.364. The highest BCUT2D eigenvalue weighted by molar-refractivity contribution is 6.32. The van der Waals surface area contributed by atoms with Crippen LogP contribution in [0.15, 0.2) is 18.2 Å². The summed E-state index contributed by atoms with van der Waals surface area (Å²) >= 11 is 5.90. The van der Waals surface area contributed by atoms with Crippen LogP contribution in [0, 0.1) is 0 Å². The van der Waals surface area contributed by atoms with Crippen molar-refractivity contribution in [2.24, 2.45) is 0 Å². The molecule has 4 heteroatoms. The minimum atomic E-state index is -0.302. The molecule has 15 heavy (non-hydrogen) atoms. The van der Waals surface area contributed by atoms with Crippen molar-refractivity contribution in [1.29, 1.82) is 0 Å². The summed E-state index contributed by atoms with van der Waals surface area (Å²) in [5.41, 5.74) is 0. The molecule has 0 aliphatic heterocycles. The number of benzene rings is 1. The Morgan fingerprint density at radius 1 is 1.47 bits per heavy atom. The summed E-state index contributed by atoms with van der Waals surface area (Å²) in [6, 6.07) is 5.08. The minimum Gasteiger partial charge on any atom is -0.493 e. The van der Waals surface area contributed by atoms with Crippen LogP contribution >= 0.6 is 11.6 Å². The summed E-state index contributed by atoms with van der Waals surface area (Å²) in [5.74, 6) is 0.455. The van der Waals surface area contributed by atoms with Gasteiger partial charge in [0, 0.05) is 6.42 Å². The molecule has 0 spiro atoms. The highest BCUT2D eigenvalue weighted by Crippen LogP contribution is 2.34. The van der Waals surface area contributed by atoms with E-state index < -0.39 is 0 Å². The molecular weight excluding hydrogens is 216 g/mol. The van der Waals surface area contributed by atoms with E-state index in [9.17, 15) is 4.79 Å². The second-order valence-electron chi connectivity index (χ2n) is 3.00. The molecule has 0 saturated carbocycles. The van der Waals surface area contributed by atoms with Gasteiger partial charge in [0.2, 0.25) is 0 Å². The van der Waals surface area contributed by atoms with Crippen molar-refractivity contribution in [1.82, 2.24) is 0 Å². The molecule has 0 amide bonds. The molecule has 0 radical (unpaired) electrons. The Balaban J connectivity index is 2.87. The van der Waals surface area contributed by atoms with Gasteiger partial charge in [0.05, 0.1) is 12.1 Å². The quantitative estimate of drug-likeness (QED) is 0.587. The summed E-state index contributed by atoms with van der Waals surface area (Å²) in [7, 11) is 1.50. The van der Waals surface area contributed by atoms with E-state index in [1.165, 1.54) is 7.11 Å². The number of carbonyl (C=O) groups excluding carboxylic acids is 1. The van der Waals surface area contributed by atoms with Crippen LogP contribution in [-0.4, -0.2) is 13.1 Å². The Morgan fingerprint density at radius 3 is 2.80 bits per heavy atom. The number of halogens is 1. The van der Waals surface area contributed by atoms with Crippen LogP contribution in [0.1, 0.15) is 19.8 Å². The third-order valence-electron chi connectivity index (χ3n) is 1.82. The zero-order chi connectivity index (χ0) is 11.3. The van der Waals surface area contributed by atoms with Crippen LogP contribution in [-0.2, 0) is 4.79 Å². The van der Waals surface area contributed by atoms with Crippen molar-refractivity contribution >= 4 is 17.6 Å². The number of methoxy groups -OCH3 is 1. The van der Waals surface area contributed by atoms with Crippen molar-refractivity contribution in [2.45, 2.75) is 19.8 Å². The number of hydrogen-bond donors (Lipinski definition) is 0. The lowest BCUT2D eigenvalue weighted by atomic mass is 10.3.